The van der Waals surface area contributed by atoms with E-state index in [0.717, 1.165) is 18.5 Å². The first-order chi connectivity index (χ1) is 5.09. The maximum absolute atomic E-state index is 3.88. The molecule has 0 spiro atoms. The maximum atomic E-state index is 3.88. The van der Waals surface area contributed by atoms with Crippen LogP contribution in [0.3, 0.4) is 0 Å². The summed E-state index contributed by atoms with van der Waals surface area (Å²) in [5.74, 6) is 0. The minimum Gasteiger partial charge on any atom is -0.376 e. The fourth-order valence-corrected chi connectivity index (χ4v) is 0.929. The van der Waals surface area contributed by atoms with E-state index in [2.05, 4.69) is 32.0 Å². The van der Waals surface area contributed by atoms with Crippen LogP contribution in [0.1, 0.15) is 26.7 Å². The summed E-state index contributed by atoms with van der Waals surface area (Å²) in [4.78, 5) is 2.20. The zero-order chi connectivity index (χ0) is 8.85. The van der Waals surface area contributed by atoms with E-state index in [0.29, 0.717) is 6.04 Å². The van der Waals surface area contributed by atoms with Crippen LogP contribution in [-0.2, 0) is 0 Å². The first-order valence-electron chi connectivity index (χ1n) is 4.08. The second-order valence-electron chi connectivity index (χ2n) is 3.06. The number of rotatable bonds is 5. The summed E-state index contributed by atoms with van der Waals surface area (Å²) in [7, 11) is 2.08. The fraction of sp³-hybridized carbons (Fsp3) is 0.600. The van der Waals surface area contributed by atoms with Crippen molar-refractivity contribution in [1.82, 2.24) is 4.90 Å². The highest BCUT2D eigenvalue weighted by atomic mass is 15.1. The second-order valence-corrected chi connectivity index (χ2v) is 3.06. The smallest absolute Gasteiger partial charge is 0.0258 e. The third-order valence-electron chi connectivity index (χ3n) is 2.05. The lowest BCUT2D eigenvalue weighted by Crippen LogP contribution is -2.26. The summed E-state index contributed by atoms with van der Waals surface area (Å²) in [6.45, 7) is 11.8. The molecule has 0 bridgehead atoms. The first-order valence-corrected chi connectivity index (χ1v) is 4.08. The van der Waals surface area contributed by atoms with Gasteiger partial charge in [0.05, 0.1) is 0 Å². The van der Waals surface area contributed by atoms with E-state index in [-0.39, 0.29) is 0 Å². The monoisotopic (exact) mass is 153 g/mol. The largest absolute Gasteiger partial charge is 0.376 e. The van der Waals surface area contributed by atoms with Crippen LogP contribution in [0, 0.1) is 0 Å². The van der Waals surface area contributed by atoms with Crippen LogP contribution in [0.2, 0.25) is 0 Å². The molecule has 0 N–H and O–H groups in total. The topological polar surface area (TPSA) is 3.24 Å². The molecule has 0 aromatic heterocycles. The molecule has 0 aromatic carbocycles. The van der Waals surface area contributed by atoms with E-state index in [9.17, 15) is 0 Å². The predicted molar refractivity (Wildman–Crippen MR) is 51.5 cm³/mol. The predicted octanol–water partition coefficient (Wildman–Crippen LogP) is 2.81. The third-order valence-corrected chi connectivity index (χ3v) is 2.05. The van der Waals surface area contributed by atoms with Gasteiger partial charge in [-0.15, -0.1) is 6.58 Å². The van der Waals surface area contributed by atoms with Gasteiger partial charge in [0.15, 0.2) is 0 Å². The summed E-state index contributed by atoms with van der Waals surface area (Å²) in [6, 6.07) is 0.575. The molecular formula is C10H19N. The van der Waals surface area contributed by atoms with Crippen LogP contribution in [0.15, 0.2) is 24.9 Å². The molecule has 0 heterocycles. The molecule has 1 nitrogen and oxygen atoms in total. The molecule has 0 saturated carbocycles. The molecular weight excluding hydrogens is 134 g/mol. The van der Waals surface area contributed by atoms with Gasteiger partial charge in [-0.2, -0.15) is 0 Å². The van der Waals surface area contributed by atoms with Gasteiger partial charge in [-0.1, -0.05) is 12.7 Å². The fourth-order valence-electron chi connectivity index (χ4n) is 0.929. The van der Waals surface area contributed by atoms with Gasteiger partial charge in [-0.05, 0) is 26.7 Å². The van der Waals surface area contributed by atoms with Crippen LogP contribution in [0.5, 0.6) is 0 Å². The van der Waals surface area contributed by atoms with Crippen LogP contribution in [0.4, 0.5) is 0 Å². The Labute approximate surface area is 70.4 Å². The molecule has 0 radical (unpaired) electrons. The van der Waals surface area contributed by atoms with Crippen molar-refractivity contribution in [1.29, 1.82) is 0 Å². The summed E-state index contributed by atoms with van der Waals surface area (Å²) in [5, 5.41) is 0. The van der Waals surface area contributed by atoms with Gasteiger partial charge in [0.2, 0.25) is 0 Å². The minimum absolute atomic E-state index is 0.575. The molecule has 0 aliphatic heterocycles. The van der Waals surface area contributed by atoms with Crippen molar-refractivity contribution in [2.75, 3.05) is 7.05 Å². The molecule has 0 aromatic rings. The lowest BCUT2D eigenvalue weighted by Gasteiger charge is -2.26. The summed E-state index contributed by atoms with van der Waals surface area (Å²) in [6.07, 6.45) is 4.20. The van der Waals surface area contributed by atoms with Crippen LogP contribution in [0.25, 0.3) is 0 Å². The van der Waals surface area contributed by atoms with Gasteiger partial charge in [0.1, 0.15) is 0 Å². The maximum Gasteiger partial charge on any atom is 0.0258 e. The first kappa shape index (κ1) is 10.3. The average Bonchev–Trinajstić information content (AvgIpc) is 1.98. The number of nitrogens with zero attached hydrogens (tertiary/aromatic N) is 1. The van der Waals surface area contributed by atoms with Crippen molar-refractivity contribution in [3.8, 4) is 0 Å². The molecule has 1 atom stereocenters. The van der Waals surface area contributed by atoms with E-state index in [4.69, 9.17) is 0 Å². The second kappa shape index (κ2) is 5.00. The SMILES string of the molecule is C=CCC[C@@H](C)N(C)C(=C)C. The Kier molecular flexibility index (Phi) is 4.67. The number of allylic oxidation sites excluding steroid dienone is 2. The Balaban J connectivity index is 3.72. The normalized spacial score (nSPS) is 12.3. The molecule has 64 valence electrons. The highest BCUT2D eigenvalue weighted by molar-refractivity contribution is 4.89. The van der Waals surface area contributed by atoms with Crippen molar-refractivity contribution in [2.45, 2.75) is 32.7 Å². The zero-order valence-corrected chi connectivity index (χ0v) is 7.93. The Bertz CT molecular complexity index is 138. The van der Waals surface area contributed by atoms with Crippen molar-refractivity contribution in [2.24, 2.45) is 0 Å². The van der Waals surface area contributed by atoms with Gasteiger partial charge in [0, 0.05) is 18.8 Å². The number of hydrogen-bond donors (Lipinski definition) is 0. The van der Waals surface area contributed by atoms with Crippen molar-refractivity contribution < 1.29 is 0 Å². The Morgan fingerprint density at radius 1 is 1.64 bits per heavy atom. The summed E-state index contributed by atoms with van der Waals surface area (Å²) >= 11 is 0. The van der Waals surface area contributed by atoms with E-state index >= 15 is 0 Å². The minimum atomic E-state index is 0.575. The molecule has 0 amide bonds. The van der Waals surface area contributed by atoms with Gasteiger partial charge in [0.25, 0.3) is 0 Å². The lowest BCUT2D eigenvalue weighted by atomic mass is 10.1. The Morgan fingerprint density at radius 3 is 2.55 bits per heavy atom. The van der Waals surface area contributed by atoms with Crippen LogP contribution >= 0.6 is 0 Å². The molecule has 0 aliphatic carbocycles. The molecule has 11 heavy (non-hydrogen) atoms. The van der Waals surface area contributed by atoms with Crippen molar-refractivity contribution in [3.05, 3.63) is 24.9 Å². The van der Waals surface area contributed by atoms with Gasteiger partial charge in [-0.25, -0.2) is 0 Å². The highest BCUT2D eigenvalue weighted by Crippen LogP contribution is 2.08. The lowest BCUT2D eigenvalue weighted by molar-refractivity contribution is 0.311. The molecule has 0 rings (SSSR count). The van der Waals surface area contributed by atoms with E-state index < -0.39 is 0 Å². The molecule has 0 saturated heterocycles. The van der Waals surface area contributed by atoms with E-state index in [1.165, 1.54) is 0 Å². The summed E-state index contributed by atoms with van der Waals surface area (Å²) in [5.41, 5.74) is 1.13. The Morgan fingerprint density at radius 2 is 2.18 bits per heavy atom. The van der Waals surface area contributed by atoms with Gasteiger partial charge >= 0.3 is 0 Å². The number of hydrogen-bond acceptors (Lipinski definition) is 1. The van der Waals surface area contributed by atoms with Crippen LogP contribution < -0.4 is 0 Å². The van der Waals surface area contributed by atoms with Gasteiger partial charge < -0.3 is 4.90 Å². The molecule has 1 heteroatoms. The average molecular weight is 153 g/mol. The third kappa shape index (κ3) is 3.87. The van der Waals surface area contributed by atoms with Crippen LogP contribution in [-0.4, -0.2) is 18.0 Å². The standard InChI is InChI=1S/C10H19N/c1-6-7-8-10(4)11(5)9(2)3/h6,10H,1-2,7-8H2,3-5H3/t10-/m1/s1. The van der Waals surface area contributed by atoms with Crippen molar-refractivity contribution in [3.63, 3.8) is 0 Å². The van der Waals surface area contributed by atoms with E-state index in [1.807, 2.05) is 13.0 Å². The van der Waals surface area contributed by atoms with Crippen molar-refractivity contribution >= 4 is 0 Å². The zero-order valence-electron chi connectivity index (χ0n) is 7.93. The molecule has 0 aliphatic rings. The van der Waals surface area contributed by atoms with Gasteiger partial charge in [-0.3, -0.25) is 0 Å². The quantitative estimate of drug-likeness (QED) is 0.549. The summed E-state index contributed by atoms with van der Waals surface area (Å²) < 4.78 is 0. The van der Waals surface area contributed by atoms with E-state index in [1.54, 1.807) is 0 Å². The Hall–Kier alpha value is -0.720. The molecule has 0 unspecified atom stereocenters. The highest BCUT2D eigenvalue weighted by Gasteiger charge is 2.05. The molecule has 0 fully saturated rings.